The van der Waals surface area contributed by atoms with Gasteiger partial charge in [0.05, 0.1) is 25.4 Å². The molecule has 4 rings (SSSR count). The zero-order chi connectivity index (χ0) is 22.0. The van der Waals surface area contributed by atoms with Crippen LogP contribution in [0, 0.1) is 0 Å². The van der Waals surface area contributed by atoms with Gasteiger partial charge < -0.3 is 19.9 Å². The van der Waals surface area contributed by atoms with Crippen LogP contribution in [0.5, 0.6) is 5.75 Å². The monoisotopic (exact) mass is 447 g/mol. The zero-order valence-electron chi connectivity index (χ0n) is 17.0. The number of aliphatic hydroxyl groups excluding tert-OH is 1. The molecule has 166 valence electrons. The van der Waals surface area contributed by atoms with Gasteiger partial charge in [-0.1, -0.05) is 6.07 Å². The number of fused-ring (bicyclic) bond motifs is 3. The minimum absolute atomic E-state index is 0.113. The number of ether oxygens (including phenoxy) is 2. The number of carbonyl (C=O) groups excluding carboxylic acids is 1. The number of nitrogens with zero attached hydrogens (tertiary/aromatic N) is 1. The second-order valence-corrected chi connectivity index (χ2v) is 9.62. The zero-order valence-corrected chi connectivity index (χ0v) is 17.8. The molecule has 2 aromatic rings. The van der Waals surface area contributed by atoms with Gasteiger partial charge >= 0.3 is 0 Å². The molecule has 0 spiro atoms. The minimum Gasteiger partial charge on any atom is -0.487 e. The van der Waals surface area contributed by atoms with Gasteiger partial charge in [-0.25, -0.2) is 8.42 Å². The predicted octanol–water partition coefficient (Wildman–Crippen LogP) is 1.15. The fraction of sp³-hybridized carbons (Fsp3) is 0.429. The number of nitrogens with one attached hydrogen (secondary N) is 2. The van der Waals surface area contributed by atoms with E-state index in [1.54, 1.807) is 30.6 Å². The van der Waals surface area contributed by atoms with Gasteiger partial charge in [-0.05, 0) is 36.2 Å². The van der Waals surface area contributed by atoms with Gasteiger partial charge in [0.25, 0.3) is 0 Å². The number of sulfonamides is 1. The predicted molar refractivity (Wildman–Crippen MR) is 113 cm³/mol. The molecule has 1 fully saturated rings. The Kier molecular flexibility index (Phi) is 6.12. The fourth-order valence-corrected chi connectivity index (χ4v) is 4.70. The third-order valence-electron chi connectivity index (χ3n) is 5.43. The summed E-state index contributed by atoms with van der Waals surface area (Å²) < 4.78 is 37.6. The molecule has 9 nitrogen and oxygen atoms in total. The van der Waals surface area contributed by atoms with E-state index in [1.165, 1.54) is 0 Å². The molecular formula is C21H25N3O6S. The van der Waals surface area contributed by atoms with Crippen molar-refractivity contribution in [1.82, 2.24) is 10.3 Å². The van der Waals surface area contributed by atoms with Gasteiger partial charge in [0.15, 0.2) is 0 Å². The van der Waals surface area contributed by atoms with E-state index in [0.717, 1.165) is 17.4 Å². The van der Waals surface area contributed by atoms with Gasteiger partial charge in [0, 0.05) is 36.1 Å². The van der Waals surface area contributed by atoms with E-state index >= 15 is 0 Å². The average molecular weight is 448 g/mol. The molecule has 1 amide bonds. The van der Waals surface area contributed by atoms with Gasteiger partial charge in [-0.2, -0.15) is 0 Å². The standard InChI is InChI=1S/C21H25N3O6S/c1-31(27,28)24-14-4-5-18-16(7-14)17-8-15(29-19(12-25)21(17)30-18)9-20(26)23-11-13-3-2-6-22-10-13/h2-7,10,15,17,19,21,24-25H,8-9,11-12H2,1H3,(H,23,26)/t15-,17+,19+,21-/m1/s1. The van der Waals surface area contributed by atoms with E-state index in [0.29, 0.717) is 24.4 Å². The first kappa shape index (κ1) is 21.5. The smallest absolute Gasteiger partial charge is 0.229 e. The van der Waals surface area contributed by atoms with Gasteiger partial charge in [0.1, 0.15) is 18.0 Å². The molecule has 3 heterocycles. The quantitative estimate of drug-likeness (QED) is 0.581. The lowest BCUT2D eigenvalue weighted by molar-refractivity contribution is -0.142. The van der Waals surface area contributed by atoms with Crippen molar-refractivity contribution in [3.8, 4) is 5.75 Å². The van der Waals surface area contributed by atoms with E-state index in [-0.39, 0.29) is 31.0 Å². The van der Waals surface area contributed by atoms with Crippen molar-refractivity contribution in [2.75, 3.05) is 17.6 Å². The number of pyridine rings is 1. The summed E-state index contributed by atoms with van der Waals surface area (Å²) in [5, 5.41) is 12.7. The van der Waals surface area contributed by atoms with Crippen LogP contribution in [0.15, 0.2) is 42.7 Å². The van der Waals surface area contributed by atoms with Crippen LogP contribution >= 0.6 is 0 Å². The summed E-state index contributed by atoms with van der Waals surface area (Å²) in [6, 6.07) is 8.79. The van der Waals surface area contributed by atoms with Gasteiger partial charge in [0.2, 0.25) is 15.9 Å². The number of rotatable bonds is 7. The number of aliphatic hydroxyl groups is 1. The molecule has 2 aliphatic rings. The van der Waals surface area contributed by atoms with Crippen molar-refractivity contribution in [2.24, 2.45) is 0 Å². The Morgan fingerprint density at radius 3 is 2.87 bits per heavy atom. The van der Waals surface area contributed by atoms with Crippen LogP contribution in [0.3, 0.4) is 0 Å². The van der Waals surface area contributed by atoms with Crippen LogP contribution in [0.25, 0.3) is 0 Å². The summed E-state index contributed by atoms with van der Waals surface area (Å²) >= 11 is 0. The molecule has 2 aliphatic heterocycles. The highest BCUT2D eigenvalue weighted by atomic mass is 32.2. The summed E-state index contributed by atoms with van der Waals surface area (Å²) in [6.45, 7) is 0.138. The molecule has 1 saturated heterocycles. The number of carbonyl (C=O) groups is 1. The first-order valence-corrected chi connectivity index (χ1v) is 11.9. The van der Waals surface area contributed by atoms with Crippen molar-refractivity contribution in [3.63, 3.8) is 0 Å². The maximum Gasteiger partial charge on any atom is 0.229 e. The molecule has 1 aromatic heterocycles. The third-order valence-corrected chi connectivity index (χ3v) is 6.03. The highest BCUT2D eigenvalue weighted by Crippen LogP contribution is 2.47. The van der Waals surface area contributed by atoms with Crippen LogP contribution < -0.4 is 14.8 Å². The summed E-state index contributed by atoms with van der Waals surface area (Å²) in [5.41, 5.74) is 2.20. The van der Waals surface area contributed by atoms with Crippen molar-refractivity contribution in [1.29, 1.82) is 0 Å². The molecule has 1 aromatic carbocycles. The lowest BCUT2D eigenvalue weighted by Gasteiger charge is -2.37. The summed E-state index contributed by atoms with van der Waals surface area (Å²) in [7, 11) is -3.41. The van der Waals surface area contributed by atoms with E-state index in [4.69, 9.17) is 9.47 Å². The molecule has 31 heavy (non-hydrogen) atoms. The molecule has 10 heteroatoms. The van der Waals surface area contributed by atoms with Crippen molar-refractivity contribution in [3.05, 3.63) is 53.9 Å². The molecule has 0 radical (unpaired) electrons. The second-order valence-electron chi connectivity index (χ2n) is 7.87. The molecule has 0 bridgehead atoms. The number of hydrogen-bond acceptors (Lipinski definition) is 7. The van der Waals surface area contributed by atoms with Crippen molar-refractivity contribution < 1.29 is 27.8 Å². The first-order chi connectivity index (χ1) is 14.8. The van der Waals surface area contributed by atoms with Crippen LogP contribution in [0.1, 0.15) is 29.9 Å². The topological polar surface area (TPSA) is 127 Å². The fourth-order valence-electron chi connectivity index (χ4n) is 4.15. The Hall–Kier alpha value is -2.69. The summed E-state index contributed by atoms with van der Waals surface area (Å²) in [4.78, 5) is 16.5. The van der Waals surface area contributed by atoms with Gasteiger partial charge in [-0.3, -0.25) is 14.5 Å². The summed E-state index contributed by atoms with van der Waals surface area (Å²) in [5.74, 6) is 0.367. The van der Waals surface area contributed by atoms with Crippen molar-refractivity contribution >= 4 is 21.6 Å². The number of hydrogen-bond donors (Lipinski definition) is 3. The Bertz CT molecular complexity index is 1050. The van der Waals surface area contributed by atoms with Crippen LogP contribution in [0.2, 0.25) is 0 Å². The first-order valence-electron chi connectivity index (χ1n) is 10.0. The lowest BCUT2D eigenvalue weighted by atomic mass is 9.84. The number of benzene rings is 1. The van der Waals surface area contributed by atoms with Crippen LogP contribution in [-0.2, 0) is 26.1 Å². The van der Waals surface area contributed by atoms with Crippen LogP contribution in [0.4, 0.5) is 5.69 Å². The minimum atomic E-state index is -3.41. The van der Waals surface area contributed by atoms with E-state index in [1.807, 2.05) is 12.1 Å². The Labute approximate surface area is 180 Å². The van der Waals surface area contributed by atoms with Crippen LogP contribution in [-0.4, -0.2) is 55.6 Å². The molecule has 4 atom stereocenters. The molecule has 0 unspecified atom stereocenters. The molecule has 0 aliphatic carbocycles. The van der Waals surface area contributed by atoms with E-state index in [9.17, 15) is 18.3 Å². The SMILES string of the molecule is CS(=O)(=O)Nc1ccc2c(c1)[C@@H]1C[C@H](CC(=O)NCc3cccnc3)O[C@@H](CO)[C@@H]1O2. The Morgan fingerprint density at radius 2 is 2.16 bits per heavy atom. The normalized spacial score (nSPS) is 24.6. The van der Waals surface area contributed by atoms with Crippen molar-refractivity contribution in [2.45, 2.75) is 43.6 Å². The van der Waals surface area contributed by atoms with Gasteiger partial charge in [-0.15, -0.1) is 0 Å². The molecule has 3 N–H and O–H groups in total. The Morgan fingerprint density at radius 1 is 1.32 bits per heavy atom. The molecule has 0 saturated carbocycles. The highest BCUT2D eigenvalue weighted by molar-refractivity contribution is 7.92. The largest absolute Gasteiger partial charge is 0.487 e. The number of amides is 1. The second kappa shape index (κ2) is 8.81. The lowest BCUT2D eigenvalue weighted by Crippen LogP contribution is -2.47. The Balaban J connectivity index is 1.45. The number of aromatic nitrogens is 1. The maximum absolute atomic E-state index is 12.4. The third kappa shape index (κ3) is 5.15. The number of anilines is 1. The van der Waals surface area contributed by atoms with E-state index < -0.39 is 22.2 Å². The van der Waals surface area contributed by atoms with E-state index in [2.05, 4.69) is 15.0 Å². The highest BCUT2D eigenvalue weighted by Gasteiger charge is 2.46. The summed E-state index contributed by atoms with van der Waals surface area (Å²) in [6.07, 6.45) is 3.78. The maximum atomic E-state index is 12.4. The average Bonchev–Trinajstić information content (AvgIpc) is 3.09. The molecular weight excluding hydrogens is 422 g/mol.